The Kier molecular flexibility index (Phi) is 4.85. The van der Waals surface area contributed by atoms with Crippen LogP contribution in [-0.2, 0) is 14.4 Å². The molecule has 1 aliphatic carbocycles. The van der Waals surface area contributed by atoms with E-state index in [1.165, 1.54) is 0 Å². The van der Waals surface area contributed by atoms with Crippen molar-refractivity contribution >= 4 is 17.8 Å². The first-order chi connectivity index (χ1) is 9.90. The average molecular weight is 296 g/mol. The van der Waals surface area contributed by atoms with E-state index in [-0.39, 0.29) is 23.7 Å². The molecule has 6 nitrogen and oxygen atoms in total. The van der Waals surface area contributed by atoms with Crippen LogP contribution in [0.2, 0.25) is 0 Å². The van der Waals surface area contributed by atoms with Crippen LogP contribution >= 0.6 is 0 Å². The van der Waals surface area contributed by atoms with Gasteiger partial charge in [-0.15, -0.1) is 0 Å². The van der Waals surface area contributed by atoms with Gasteiger partial charge in [-0.1, -0.05) is 13.8 Å². The number of carboxylic acid groups (broad SMARTS) is 1. The summed E-state index contributed by atoms with van der Waals surface area (Å²) in [7, 11) is 0. The molecule has 2 fully saturated rings. The minimum Gasteiger partial charge on any atom is -0.480 e. The summed E-state index contributed by atoms with van der Waals surface area (Å²) in [5.41, 5.74) is 0. The Morgan fingerprint density at radius 2 is 1.90 bits per heavy atom. The van der Waals surface area contributed by atoms with Crippen LogP contribution in [0.15, 0.2) is 0 Å². The topological polar surface area (TPSA) is 86.7 Å². The zero-order valence-electron chi connectivity index (χ0n) is 12.7. The molecular weight excluding hydrogens is 272 g/mol. The molecule has 0 spiro atoms. The normalized spacial score (nSPS) is 23.2. The van der Waals surface area contributed by atoms with E-state index in [9.17, 15) is 19.5 Å². The van der Waals surface area contributed by atoms with Crippen molar-refractivity contribution < 1.29 is 19.5 Å². The molecule has 2 aliphatic rings. The molecule has 2 atom stereocenters. The van der Waals surface area contributed by atoms with E-state index >= 15 is 0 Å². The maximum absolute atomic E-state index is 12.3. The van der Waals surface area contributed by atoms with Crippen LogP contribution in [0.4, 0.5) is 0 Å². The Hall–Kier alpha value is -1.59. The van der Waals surface area contributed by atoms with Crippen molar-refractivity contribution in [1.29, 1.82) is 0 Å². The van der Waals surface area contributed by atoms with Crippen LogP contribution in [-0.4, -0.2) is 46.4 Å². The van der Waals surface area contributed by atoms with E-state index in [0.717, 1.165) is 19.3 Å². The molecular formula is C15H24N2O4. The lowest BCUT2D eigenvalue weighted by molar-refractivity contribution is -0.144. The molecule has 0 aromatic carbocycles. The second kappa shape index (κ2) is 6.45. The summed E-state index contributed by atoms with van der Waals surface area (Å²) in [5.74, 6) is -1.02. The Balaban J connectivity index is 1.97. The summed E-state index contributed by atoms with van der Waals surface area (Å²) in [6.45, 7) is 4.44. The number of nitrogens with one attached hydrogen (secondary N) is 1. The summed E-state index contributed by atoms with van der Waals surface area (Å²) in [6.07, 6.45) is 3.64. The summed E-state index contributed by atoms with van der Waals surface area (Å²) in [6, 6.07) is -1.37. The largest absolute Gasteiger partial charge is 0.480 e. The maximum Gasteiger partial charge on any atom is 0.326 e. The van der Waals surface area contributed by atoms with Gasteiger partial charge in [0, 0.05) is 12.5 Å². The van der Waals surface area contributed by atoms with Crippen molar-refractivity contribution in [3.63, 3.8) is 0 Å². The van der Waals surface area contributed by atoms with Crippen LogP contribution in [0.5, 0.6) is 0 Å². The summed E-state index contributed by atoms with van der Waals surface area (Å²) >= 11 is 0. The zero-order chi connectivity index (χ0) is 15.6. The SMILES string of the molecule is CC(C)C[C@H](NC(=O)C1CCCN1C(=O)C1CC1)C(=O)O. The fourth-order valence-corrected chi connectivity index (χ4v) is 2.83. The Bertz CT molecular complexity index is 431. The number of carboxylic acids is 1. The third-order valence-corrected chi connectivity index (χ3v) is 4.09. The molecule has 2 N–H and O–H groups in total. The molecule has 0 aromatic heterocycles. The lowest BCUT2D eigenvalue weighted by Crippen LogP contribution is -2.51. The van der Waals surface area contributed by atoms with Crippen molar-refractivity contribution in [3.8, 4) is 0 Å². The summed E-state index contributed by atoms with van der Waals surface area (Å²) in [4.78, 5) is 37.3. The van der Waals surface area contributed by atoms with Gasteiger partial charge in [0.05, 0.1) is 0 Å². The van der Waals surface area contributed by atoms with E-state index in [2.05, 4.69) is 5.32 Å². The van der Waals surface area contributed by atoms with Gasteiger partial charge >= 0.3 is 5.97 Å². The fourth-order valence-electron chi connectivity index (χ4n) is 2.83. The highest BCUT2D eigenvalue weighted by Gasteiger charge is 2.41. The predicted molar refractivity (Wildman–Crippen MR) is 76.5 cm³/mol. The fraction of sp³-hybridized carbons (Fsp3) is 0.800. The average Bonchev–Trinajstić information content (AvgIpc) is 3.13. The van der Waals surface area contributed by atoms with Gasteiger partial charge in [-0.05, 0) is 38.0 Å². The van der Waals surface area contributed by atoms with Gasteiger partial charge < -0.3 is 15.3 Å². The maximum atomic E-state index is 12.3. The number of nitrogens with zero attached hydrogens (tertiary/aromatic N) is 1. The van der Waals surface area contributed by atoms with Gasteiger partial charge in [0.15, 0.2) is 0 Å². The number of carbonyl (C=O) groups is 3. The molecule has 2 amide bonds. The summed E-state index contributed by atoms with van der Waals surface area (Å²) in [5, 5.41) is 11.8. The van der Waals surface area contributed by atoms with E-state index in [0.29, 0.717) is 19.4 Å². The minimum atomic E-state index is -1.02. The van der Waals surface area contributed by atoms with Crippen LogP contribution < -0.4 is 5.32 Å². The highest BCUT2D eigenvalue weighted by Crippen LogP contribution is 2.33. The van der Waals surface area contributed by atoms with E-state index in [1.54, 1.807) is 4.90 Å². The number of hydrogen-bond acceptors (Lipinski definition) is 3. The molecule has 6 heteroatoms. The molecule has 21 heavy (non-hydrogen) atoms. The molecule has 0 aromatic rings. The van der Waals surface area contributed by atoms with Crippen molar-refractivity contribution in [2.24, 2.45) is 11.8 Å². The van der Waals surface area contributed by atoms with Crippen molar-refractivity contribution in [2.75, 3.05) is 6.54 Å². The van der Waals surface area contributed by atoms with Gasteiger partial charge in [0.25, 0.3) is 0 Å². The summed E-state index contributed by atoms with van der Waals surface area (Å²) < 4.78 is 0. The smallest absolute Gasteiger partial charge is 0.326 e. The molecule has 0 bridgehead atoms. The van der Waals surface area contributed by atoms with Crippen LogP contribution in [0.25, 0.3) is 0 Å². The lowest BCUT2D eigenvalue weighted by Gasteiger charge is -2.26. The van der Waals surface area contributed by atoms with Crippen LogP contribution in [0.1, 0.15) is 46.0 Å². The number of carbonyl (C=O) groups excluding carboxylic acids is 2. The predicted octanol–water partition coefficient (Wildman–Crippen LogP) is 1.00. The molecule has 2 rings (SSSR count). The monoisotopic (exact) mass is 296 g/mol. The van der Waals surface area contributed by atoms with Crippen LogP contribution in [0.3, 0.4) is 0 Å². The molecule has 1 heterocycles. The lowest BCUT2D eigenvalue weighted by atomic mass is 10.0. The second-order valence-electron chi connectivity index (χ2n) is 6.49. The quantitative estimate of drug-likeness (QED) is 0.765. The molecule has 118 valence electrons. The molecule has 1 aliphatic heterocycles. The highest BCUT2D eigenvalue weighted by molar-refractivity contribution is 5.92. The Morgan fingerprint density at radius 3 is 2.43 bits per heavy atom. The third kappa shape index (κ3) is 3.95. The number of likely N-dealkylation sites (tertiary alicyclic amines) is 1. The van der Waals surface area contributed by atoms with Gasteiger partial charge in [0.1, 0.15) is 12.1 Å². The number of aliphatic carboxylic acids is 1. The van der Waals surface area contributed by atoms with E-state index in [4.69, 9.17) is 0 Å². The molecule has 0 radical (unpaired) electrons. The van der Waals surface area contributed by atoms with Crippen molar-refractivity contribution in [3.05, 3.63) is 0 Å². The number of rotatable bonds is 6. The second-order valence-corrected chi connectivity index (χ2v) is 6.49. The first-order valence-corrected chi connectivity index (χ1v) is 7.73. The minimum absolute atomic E-state index is 0.0587. The van der Waals surface area contributed by atoms with Gasteiger partial charge in [-0.2, -0.15) is 0 Å². The Morgan fingerprint density at radius 1 is 1.24 bits per heavy atom. The van der Waals surface area contributed by atoms with Gasteiger partial charge in [0.2, 0.25) is 11.8 Å². The third-order valence-electron chi connectivity index (χ3n) is 4.09. The standard InChI is InChI=1S/C15H24N2O4/c1-9(2)8-11(15(20)21)16-13(18)12-4-3-7-17(12)14(19)10-5-6-10/h9-12H,3-8H2,1-2H3,(H,16,18)(H,20,21)/t11-,12?/m0/s1. The van der Waals surface area contributed by atoms with E-state index < -0.39 is 18.1 Å². The first kappa shape index (κ1) is 15.8. The number of amides is 2. The van der Waals surface area contributed by atoms with Crippen molar-refractivity contribution in [2.45, 2.75) is 58.0 Å². The number of hydrogen-bond donors (Lipinski definition) is 2. The molecule has 1 saturated heterocycles. The molecule has 1 saturated carbocycles. The molecule has 1 unspecified atom stereocenters. The highest BCUT2D eigenvalue weighted by atomic mass is 16.4. The van der Waals surface area contributed by atoms with Crippen molar-refractivity contribution in [1.82, 2.24) is 10.2 Å². The Labute approximate surface area is 124 Å². The van der Waals surface area contributed by atoms with Crippen LogP contribution in [0, 0.1) is 11.8 Å². The van der Waals surface area contributed by atoms with Gasteiger partial charge in [-0.3, -0.25) is 9.59 Å². The van der Waals surface area contributed by atoms with E-state index in [1.807, 2.05) is 13.8 Å². The first-order valence-electron chi connectivity index (χ1n) is 7.73. The zero-order valence-corrected chi connectivity index (χ0v) is 12.7. The van der Waals surface area contributed by atoms with Gasteiger partial charge in [-0.25, -0.2) is 4.79 Å².